The monoisotopic (exact) mass is 314 g/mol. The molecule has 0 radical (unpaired) electrons. The largest absolute Gasteiger partial charge is 0.353 e. The van der Waals surface area contributed by atoms with Gasteiger partial charge in [-0.05, 0) is 38.1 Å². The molecule has 0 saturated carbocycles. The maximum absolute atomic E-state index is 12.3. The maximum Gasteiger partial charge on any atom is 0.269 e. The standard InChI is InChI=1S/C17H22N4O2/c1-2-20-9-5-6-13(20)10-19-16(22)12-21-15-8-4-3-7-14(15)18-11-17(21)23/h3-4,7-8,11,13H,2,5-6,9-10,12H2,1H3,(H,19,22). The third-order valence-corrected chi connectivity index (χ3v) is 4.49. The van der Waals surface area contributed by atoms with Gasteiger partial charge in [0.1, 0.15) is 6.54 Å². The van der Waals surface area contributed by atoms with E-state index in [1.54, 1.807) is 0 Å². The molecule has 6 heteroatoms. The van der Waals surface area contributed by atoms with Crippen molar-refractivity contribution in [3.8, 4) is 0 Å². The molecule has 1 atom stereocenters. The quantitative estimate of drug-likeness (QED) is 0.894. The van der Waals surface area contributed by atoms with Crippen LogP contribution in [0.3, 0.4) is 0 Å². The fraction of sp³-hybridized carbons (Fsp3) is 0.471. The van der Waals surface area contributed by atoms with Crippen LogP contribution in [0.15, 0.2) is 35.3 Å². The molecule has 1 unspecified atom stereocenters. The average molecular weight is 314 g/mol. The summed E-state index contributed by atoms with van der Waals surface area (Å²) in [6.07, 6.45) is 3.57. The van der Waals surface area contributed by atoms with Crippen LogP contribution in [0.25, 0.3) is 11.0 Å². The summed E-state index contributed by atoms with van der Waals surface area (Å²) in [6.45, 7) is 4.93. The van der Waals surface area contributed by atoms with E-state index in [1.165, 1.54) is 17.2 Å². The van der Waals surface area contributed by atoms with Crippen LogP contribution in [0.2, 0.25) is 0 Å². The van der Waals surface area contributed by atoms with Gasteiger partial charge in [-0.1, -0.05) is 19.1 Å². The van der Waals surface area contributed by atoms with Crippen molar-refractivity contribution in [3.63, 3.8) is 0 Å². The zero-order valence-electron chi connectivity index (χ0n) is 13.4. The number of carbonyl (C=O) groups excluding carboxylic acids is 1. The molecule has 122 valence electrons. The molecule has 1 aliphatic heterocycles. The van der Waals surface area contributed by atoms with Crippen LogP contribution in [0, 0.1) is 0 Å². The topological polar surface area (TPSA) is 67.2 Å². The van der Waals surface area contributed by atoms with Crippen molar-refractivity contribution in [1.82, 2.24) is 19.8 Å². The lowest BCUT2D eigenvalue weighted by Gasteiger charge is -2.23. The van der Waals surface area contributed by atoms with E-state index in [2.05, 4.69) is 22.1 Å². The molecular weight excluding hydrogens is 292 g/mol. The van der Waals surface area contributed by atoms with E-state index in [-0.39, 0.29) is 18.0 Å². The minimum absolute atomic E-state index is 0.0285. The molecule has 1 saturated heterocycles. The zero-order valence-corrected chi connectivity index (χ0v) is 13.4. The first-order chi connectivity index (χ1) is 11.2. The first-order valence-electron chi connectivity index (χ1n) is 8.14. The highest BCUT2D eigenvalue weighted by atomic mass is 16.2. The molecule has 1 aromatic heterocycles. The number of nitrogens with zero attached hydrogens (tertiary/aromatic N) is 3. The summed E-state index contributed by atoms with van der Waals surface area (Å²) in [5.74, 6) is -0.133. The molecule has 6 nitrogen and oxygen atoms in total. The predicted molar refractivity (Wildman–Crippen MR) is 89.3 cm³/mol. The van der Waals surface area contributed by atoms with Crippen molar-refractivity contribution >= 4 is 16.9 Å². The number of aromatic nitrogens is 2. The van der Waals surface area contributed by atoms with Gasteiger partial charge in [-0.25, -0.2) is 4.98 Å². The maximum atomic E-state index is 12.3. The Morgan fingerprint density at radius 1 is 1.39 bits per heavy atom. The Kier molecular flexibility index (Phi) is 4.71. The van der Waals surface area contributed by atoms with Gasteiger partial charge in [-0.15, -0.1) is 0 Å². The van der Waals surface area contributed by atoms with E-state index in [4.69, 9.17) is 0 Å². The van der Waals surface area contributed by atoms with Gasteiger partial charge in [0.05, 0.1) is 17.2 Å². The summed E-state index contributed by atoms with van der Waals surface area (Å²) in [6, 6.07) is 7.77. The zero-order chi connectivity index (χ0) is 16.2. The van der Waals surface area contributed by atoms with Gasteiger partial charge in [0.25, 0.3) is 5.56 Å². The van der Waals surface area contributed by atoms with Crippen LogP contribution in [-0.4, -0.2) is 46.0 Å². The smallest absolute Gasteiger partial charge is 0.269 e. The highest BCUT2D eigenvalue weighted by Crippen LogP contribution is 2.15. The summed E-state index contributed by atoms with van der Waals surface area (Å²) in [4.78, 5) is 30.8. The summed E-state index contributed by atoms with van der Waals surface area (Å²) in [7, 11) is 0. The Morgan fingerprint density at radius 3 is 3.04 bits per heavy atom. The number of para-hydroxylation sites is 2. The molecule has 3 rings (SSSR count). The van der Waals surface area contributed by atoms with Crippen LogP contribution < -0.4 is 10.9 Å². The Balaban J connectivity index is 1.69. The normalized spacial score (nSPS) is 18.4. The van der Waals surface area contributed by atoms with Gasteiger partial charge in [0.15, 0.2) is 0 Å². The molecule has 1 amide bonds. The number of hydrogen-bond acceptors (Lipinski definition) is 4. The molecule has 0 spiro atoms. The summed E-state index contributed by atoms with van der Waals surface area (Å²) in [5, 5.41) is 2.97. The third-order valence-electron chi connectivity index (χ3n) is 4.49. The van der Waals surface area contributed by atoms with Gasteiger partial charge in [-0.2, -0.15) is 0 Å². The second-order valence-corrected chi connectivity index (χ2v) is 5.90. The van der Waals surface area contributed by atoms with Crippen molar-refractivity contribution < 1.29 is 4.79 Å². The minimum atomic E-state index is -0.255. The molecule has 0 bridgehead atoms. The van der Waals surface area contributed by atoms with E-state index in [1.807, 2.05) is 24.3 Å². The van der Waals surface area contributed by atoms with Crippen LogP contribution >= 0.6 is 0 Å². The summed E-state index contributed by atoms with van der Waals surface area (Å²) >= 11 is 0. The fourth-order valence-electron chi connectivity index (χ4n) is 3.25. The summed E-state index contributed by atoms with van der Waals surface area (Å²) < 4.78 is 1.48. The predicted octanol–water partition coefficient (Wildman–Crippen LogP) is 0.997. The Morgan fingerprint density at radius 2 is 2.22 bits per heavy atom. The SMILES string of the molecule is CCN1CCCC1CNC(=O)Cn1c(=O)cnc2ccccc21. The number of nitrogens with one attached hydrogen (secondary N) is 1. The lowest BCUT2D eigenvalue weighted by Crippen LogP contribution is -2.41. The van der Waals surface area contributed by atoms with E-state index in [9.17, 15) is 9.59 Å². The number of likely N-dealkylation sites (tertiary alicyclic amines) is 1. The Hall–Kier alpha value is -2.21. The van der Waals surface area contributed by atoms with Crippen molar-refractivity contribution in [2.75, 3.05) is 19.6 Å². The van der Waals surface area contributed by atoms with Crippen molar-refractivity contribution in [1.29, 1.82) is 0 Å². The van der Waals surface area contributed by atoms with E-state index in [0.29, 0.717) is 23.6 Å². The van der Waals surface area contributed by atoms with Crippen LogP contribution in [0.1, 0.15) is 19.8 Å². The van der Waals surface area contributed by atoms with E-state index < -0.39 is 0 Å². The molecule has 1 aliphatic rings. The average Bonchev–Trinajstić information content (AvgIpc) is 3.03. The fourth-order valence-corrected chi connectivity index (χ4v) is 3.25. The number of amides is 1. The number of likely N-dealkylation sites (N-methyl/N-ethyl adjacent to an activating group) is 1. The highest BCUT2D eigenvalue weighted by molar-refractivity contribution is 5.79. The van der Waals surface area contributed by atoms with Gasteiger partial charge < -0.3 is 5.32 Å². The third kappa shape index (κ3) is 3.42. The van der Waals surface area contributed by atoms with Crippen LogP contribution in [-0.2, 0) is 11.3 Å². The Labute approximate surface area is 135 Å². The number of fused-ring (bicyclic) bond motifs is 1. The molecule has 23 heavy (non-hydrogen) atoms. The van der Waals surface area contributed by atoms with Gasteiger partial charge in [0, 0.05) is 12.6 Å². The molecule has 1 fully saturated rings. The molecule has 2 aromatic rings. The van der Waals surface area contributed by atoms with E-state index >= 15 is 0 Å². The first-order valence-corrected chi connectivity index (χ1v) is 8.14. The highest BCUT2D eigenvalue weighted by Gasteiger charge is 2.23. The molecular formula is C17H22N4O2. The van der Waals surface area contributed by atoms with Crippen LogP contribution in [0.4, 0.5) is 0 Å². The van der Waals surface area contributed by atoms with E-state index in [0.717, 1.165) is 19.5 Å². The number of rotatable bonds is 5. The number of benzene rings is 1. The molecule has 1 N–H and O–H groups in total. The Bertz CT molecular complexity index is 756. The molecule has 0 aliphatic carbocycles. The van der Waals surface area contributed by atoms with Gasteiger partial charge in [0.2, 0.25) is 5.91 Å². The molecule has 1 aromatic carbocycles. The first kappa shape index (κ1) is 15.7. The molecule has 2 heterocycles. The van der Waals surface area contributed by atoms with Crippen LogP contribution in [0.5, 0.6) is 0 Å². The number of carbonyl (C=O) groups is 1. The lowest BCUT2D eigenvalue weighted by molar-refractivity contribution is -0.121. The summed E-state index contributed by atoms with van der Waals surface area (Å²) in [5.41, 5.74) is 1.15. The number of hydrogen-bond donors (Lipinski definition) is 1. The van der Waals surface area contributed by atoms with Gasteiger partial charge in [-0.3, -0.25) is 19.1 Å². The van der Waals surface area contributed by atoms with Crippen molar-refractivity contribution in [2.45, 2.75) is 32.4 Å². The van der Waals surface area contributed by atoms with Crippen molar-refractivity contribution in [2.24, 2.45) is 0 Å². The minimum Gasteiger partial charge on any atom is -0.353 e. The second-order valence-electron chi connectivity index (χ2n) is 5.90. The second kappa shape index (κ2) is 6.91. The van der Waals surface area contributed by atoms with Gasteiger partial charge >= 0.3 is 0 Å². The lowest BCUT2D eigenvalue weighted by atomic mass is 10.2. The van der Waals surface area contributed by atoms with Crippen molar-refractivity contribution in [3.05, 3.63) is 40.8 Å².